The van der Waals surface area contributed by atoms with Gasteiger partial charge < -0.3 is 10.0 Å². The monoisotopic (exact) mass is 266 g/mol. The Kier molecular flexibility index (Phi) is 3.47. The van der Waals surface area contributed by atoms with Crippen LogP contribution < -0.4 is 0 Å². The Morgan fingerprint density at radius 2 is 2.28 bits per heavy atom. The SMILES string of the molecule is Cc1nc(C)c(CC(=O)N2CC=C[C@@H]2C(=O)O)s1. The summed E-state index contributed by atoms with van der Waals surface area (Å²) in [6, 6.07) is -0.827. The van der Waals surface area contributed by atoms with Crippen LogP contribution in [0.3, 0.4) is 0 Å². The van der Waals surface area contributed by atoms with Crippen molar-refractivity contribution in [3.63, 3.8) is 0 Å². The molecule has 0 bridgehead atoms. The minimum absolute atomic E-state index is 0.167. The first-order valence-corrected chi connectivity index (χ1v) is 6.42. The second-order valence-corrected chi connectivity index (χ2v) is 5.46. The average molecular weight is 266 g/mol. The first-order chi connectivity index (χ1) is 8.49. The van der Waals surface area contributed by atoms with Crippen molar-refractivity contribution in [2.24, 2.45) is 0 Å². The van der Waals surface area contributed by atoms with Crippen molar-refractivity contribution in [1.29, 1.82) is 0 Å². The second kappa shape index (κ2) is 4.89. The minimum atomic E-state index is -0.991. The molecule has 0 aromatic carbocycles. The number of aromatic nitrogens is 1. The number of aryl methyl sites for hydroxylation is 2. The lowest BCUT2D eigenvalue weighted by Gasteiger charge is -2.21. The highest BCUT2D eigenvalue weighted by Gasteiger charge is 2.30. The van der Waals surface area contributed by atoms with E-state index < -0.39 is 12.0 Å². The molecule has 6 heteroatoms. The van der Waals surface area contributed by atoms with Gasteiger partial charge in [-0.1, -0.05) is 12.2 Å². The lowest BCUT2D eigenvalue weighted by atomic mass is 10.2. The van der Waals surface area contributed by atoms with Crippen LogP contribution in [0, 0.1) is 13.8 Å². The highest BCUT2D eigenvalue weighted by atomic mass is 32.1. The Labute approximate surface area is 109 Å². The van der Waals surface area contributed by atoms with Crippen molar-refractivity contribution in [3.8, 4) is 0 Å². The molecule has 1 aliphatic heterocycles. The van der Waals surface area contributed by atoms with Gasteiger partial charge in [-0.3, -0.25) is 4.79 Å². The summed E-state index contributed by atoms with van der Waals surface area (Å²) in [6.07, 6.45) is 3.48. The molecule has 18 heavy (non-hydrogen) atoms. The van der Waals surface area contributed by atoms with Crippen LogP contribution in [0.2, 0.25) is 0 Å². The molecule has 0 spiro atoms. The van der Waals surface area contributed by atoms with Gasteiger partial charge in [-0.2, -0.15) is 0 Å². The highest BCUT2D eigenvalue weighted by Crippen LogP contribution is 2.20. The van der Waals surface area contributed by atoms with E-state index in [1.54, 1.807) is 12.2 Å². The predicted molar refractivity (Wildman–Crippen MR) is 67.6 cm³/mol. The molecule has 96 valence electrons. The van der Waals surface area contributed by atoms with E-state index in [9.17, 15) is 9.59 Å². The van der Waals surface area contributed by atoms with Gasteiger partial charge in [-0.15, -0.1) is 11.3 Å². The van der Waals surface area contributed by atoms with Crippen LogP contribution in [0.4, 0.5) is 0 Å². The molecule has 1 aliphatic rings. The number of carbonyl (C=O) groups excluding carboxylic acids is 1. The smallest absolute Gasteiger partial charge is 0.330 e. The topological polar surface area (TPSA) is 70.5 Å². The van der Waals surface area contributed by atoms with E-state index in [0.717, 1.165) is 15.6 Å². The fraction of sp³-hybridized carbons (Fsp3) is 0.417. The summed E-state index contributed by atoms with van der Waals surface area (Å²) < 4.78 is 0. The molecule has 0 radical (unpaired) electrons. The van der Waals surface area contributed by atoms with Gasteiger partial charge in [0.2, 0.25) is 5.91 Å². The van der Waals surface area contributed by atoms with Crippen molar-refractivity contribution in [2.45, 2.75) is 26.3 Å². The fourth-order valence-electron chi connectivity index (χ4n) is 1.97. The first kappa shape index (κ1) is 12.8. The van der Waals surface area contributed by atoms with Gasteiger partial charge in [0.15, 0.2) is 0 Å². The molecule has 2 heterocycles. The van der Waals surface area contributed by atoms with E-state index in [0.29, 0.717) is 6.54 Å². The molecule has 1 amide bonds. The fourth-order valence-corrected chi connectivity index (χ4v) is 2.90. The standard InChI is InChI=1S/C12H14N2O3S/c1-7-10(18-8(2)13-7)6-11(15)14-5-3-4-9(14)12(16)17/h3-4,9H,5-6H2,1-2H3,(H,16,17)/t9-/m1/s1. The van der Waals surface area contributed by atoms with Crippen LogP contribution in [0.25, 0.3) is 0 Å². The number of thiazole rings is 1. The van der Waals surface area contributed by atoms with Crippen LogP contribution in [0.15, 0.2) is 12.2 Å². The van der Waals surface area contributed by atoms with E-state index in [1.165, 1.54) is 16.2 Å². The Bertz CT molecular complexity index is 521. The third-order valence-electron chi connectivity index (χ3n) is 2.84. The van der Waals surface area contributed by atoms with E-state index in [4.69, 9.17) is 5.11 Å². The van der Waals surface area contributed by atoms with Gasteiger partial charge in [-0.05, 0) is 13.8 Å². The maximum Gasteiger partial charge on any atom is 0.330 e. The zero-order chi connectivity index (χ0) is 13.3. The van der Waals surface area contributed by atoms with Gasteiger partial charge in [-0.25, -0.2) is 9.78 Å². The summed E-state index contributed by atoms with van der Waals surface area (Å²) in [7, 11) is 0. The molecule has 2 rings (SSSR count). The number of aliphatic carboxylic acids is 1. The minimum Gasteiger partial charge on any atom is -0.479 e. The Morgan fingerprint density at radius 3 is 2.83 bits per heavy atom. The first-order valence-electron chi connectivity index (χ1n) is 5.61. The summed E-state index contributed by atoms with van der Waals surface area (Å²) in [4.78, 5) is 29.6. The van der Waals surface area contributed by atoms with Gasteiger partial charge >= 0.3 is 5.97 Å². The molecule has 1 atom stereocenters. The third-order valence-corrected chi connectivity index (χ3v) is 3.91. The van der Waals surface area contributed by atoms with Crippen LogP contribution >= 0.6 is 11.3 Å². The van der Waals surface area contributed by atoms with Gasteiger partial charge in [0.05, 0.1) is 17.1 Å². The van der Waals surface area contributed by atoms with Gasteiger partial charge in [0.1, 0.15) is 6.04 Å². The molecule has 5 nitrogen and oxygen atoms in total. The van der Waals surface area contributed by atoms with Crippen LogP contribution in [-0.2, 0) is 16.0 Å². The van der Waals surface area contributed by atoms with E-state index >= 15 is 0 Å². The van der Waals surface area contributed by atoms with Gasteiger partial charge in [0.25, 0.3) is 0 Å². The van der Waals surface area contributed by atoms with E-state index in [-0.39, 0.29) is 12.3 Å². The van der Waals surface area contributed by atoms with Crippen LogP contribution in [0.5, 0.6) is 0 Å². The Hall–Kier alpha value is -1.69. The van der Waals surface area contributed by atoms with Crippen LogP contribution in [0.1, 0.15) is 15.6 Å². The normalized spacial score (nSPS) is 18.3. The molecular weight excluding hydrogens is 252 g/mol. The summed E-state index contributed by atoms with van der Waals surface area (Å²) in [5.41, 5.74) is 0.852. The van der Waals surface area contributed by atoms with Crippen molar-refractivity contribution in [3.05, 3.63) is 27.7 Å². The predicted octanol–water partition coefficient (Wildman–Crippen LogP) is 1.15. The van der Waals surface area contributed by atoms with Crippen molar-refractivity contribution < 1.29 is 14.7 Å². The Balaban J connectivity index is 2.09. The number of carboxylic acids is 1. The molecule has 0 aliphatic carbocycles. The molecule has 1 N–H and O–H groups in total. The lowest BCUT2D eigenvalue weighted by molar-refractivity contribution is -0.146. The second-order valence-electron chi connectivity index (χ2n) is 4.18. The Morgan fingerprint density at radius 1 is 1.56 bits per heavy atom. The maximum absolute atomic E-state index is 12.1. The zero-order valence-electron chi connectivity index (χ0n) is 10.2. The summed E-state index contributed by atoms with van der Waals surface area (Å²) in [5, 5.41) is 9.92. The number of carbonyl (C=O) groups is 2. The van der Waals surface area contributed by atoms with E-state index in [1.807, 2.05) is 13.8 Å². The number of rotatable bonds is 3. The van der Waals surface area contributed by atoms with E-state index in [2.05, 4.69) is 4.98 Å². The van der Waals surface area contributed by atoms with Crippen LogP contribution in [-0.4, -0.2) is 39.5 Å². The summed E-state index contributed by atoms with van der Waals surface area (Å²) in [5.74, 6) is -1.16. The number of hydrogen-bond donors (Lipinski definition) is 1. The largest absolute Gasteiger partial charge is 0.479 e. The van der Waals surface area contributed by atoms with Gasteiger partial charge in [0, 0.05) is 11.4 Å². The molecular formula is C12H14N2O3S. The molecule has 0 fully saturated rings. The number of nitrogens with zero attached hydrogens (tertiary/aromatic N) is 2. The molecule has 0 unspecified atom stereocenters. The van der Waals surface area contributed by atoms with Crippen molar-refractivity contribution >= 4 is 23.2 Å². The number of hydrogen-bond acceptors (Lipinski definition) is 4. The quantitative estimate of drug-likeness (QED) is 0.833. The number of carboxylic acid groups (broad SMARTS) is 1. The van der Waals surface area contributed by atoms with Crippen molar-refractivity contribution in [1.82, 2.24) is 9.88 Å². The summed E-state index contributed by atoms with van der Waals surface area (Å²) in [6.45, 7) is 4.12. The highest BCUT2D eigenvalue weighted by molar-refractivity contribution is 7.11. The molecule has 1 aromatic rings. The zero-order valence-corrected chi connectivity index (χ0v) is 11.0. The molecule has 0 saturated carbocycles. The lowest BCUT2D eigenvalue weighted by Crippen LogP contribution is -2.41. The molecule has 1 aromatic heterocycles. The molecule has 0 saturated heterocycles. The maximum atomic E-state index is 12.1. The summed E-state index contributed by atoms with van der Waals surface area (Å²) >= 11 is 1.48. The number of amides is 1. The van der Waals surface area contributed by atoms with Crippen molar-refractivity contribution in [2.75, 3.05) is 6.54 Å². The third kappa shape index (κ3) is 2.43. The average Bonchev–Trinajstić information content (AvgIpc) is 2.86.